The maximum atomic E-state index is 6.41. The van der Waals surface area contributed by atoms with Crippen molar-refractivity contribution in [1.29, 1.82) is 0 Å². The van der Waals surface area contributed by atoms with Crippen molar-refractivity contribution in [2.75, 3.05) is 13.1 Å². The molecule has 24 heavy (non-hydrogen) atoms. The number of aryl methyl sites for hydroxylation is 1. The molecule has 1 saturated carbocycles. The lowest BCUT2D eigenvalue weighted by Gasteiger charge is -2.33. The van der Waals surface area contributed by atoms with Gasteiger partial charge in [-0.1, -0.05) is 0 Å². The lowest BCUT2D eigenvalue weighted by Crippen LogP contribution is -2.41. The number of hydrogen-bond donors (Lipinski definition) is 0. The van der Waals surface area contributed by atoms with Crippen LogP contribution in [0, 0.1) is 12.8 Å². The molecule has 3 fully saturated rings. The van der Waals surface area contributed by atoms with Gasteiger partial charge in [0.05, 0.1) is 18.3 Å². The molecule has 4 heterocycles. The molecule has 2 aromatic heterocycles. The van der Waals surface area contributed by atoms with Crippen LogP contribution < -0.4 is 0 Å². The second kappa shape index (κ2) is 5.97. The van der Waals surface area contributed by atoms with Crippen LogP contribution >= 0.6 is 11.3 Å². The van der Waals surface area contributed by atoms with Gasteiger partial charge in [0.15, 0.2) is 0 Å². The van der Waals surface area contributed by atoms with Gasteiger partial charge in [0.1, 0.15) is 22.6 Å². The van der Waals surface area contributed by atoms with Crippen molar-refractivity contribution < 1.29 is 9.15 Å². The normalized spacial score (nSPS) is 30.6. The Labute approximate surface area is 146 Å². The SMILES string of the molecule is Cc1ccc(CN2CC[C@H]3C[C@H](c4nc(C5CC5)cs4)O[C@@H]3C2)o1. The van der Waals surface area contributed by atoms with Gasteiger partial charge in [0.25, 0.3) is 0 Å². The Morgan fingerprint density at radius 1 is 1.29 bits per heavy atom. The molecule has 3 aliphatic rings. The highest BCUT2D eigenvalue weighted by Gasteiger charge is 2.41. The Morgan fingerprint density at radius 3 is 3.00 bits per heavy atom. The minimum atomic E-state index is 0.225. The highest BCUT2D eigenvalue weighted by atomic mass is 32.1. The number of thiazole rings is 1. The van der Waals surface area contributed by atoms with Crippen LogP contribution in [0.2, 0.25) is 0 Å². The third kappa shape index (κ3) is 2.93. The Morgan fingerprint density at radius 2 is 2.21 bits per heavy atom. The van der Waals surface area contributed by atoms with Crippen LogP contribution in [0.5, 0.6) is 0 Å². The van der Waals surface area contributed by atoms with E-state index in [4.69, 9.17) is 14.1 Å². The number of furan rings is 1. The largest absolute Gasteiger partial charge is 0.465 e. The standard InChI is InChI=1S/C19H24N2O2S/c1-12-2-5-15(22-12)9-21-7-6-14-8-17(23-18(14)10-21)19-20-16(11-24-19)13-3-4-13/h2,5,11,13-14,17-18H,3-4,6-10H2,1H3/t14-,17+,18+/m0/s1. The predicted octanol–water partition coefficient (Wildman–Crippen LogP) is 4.27. The number of likely N-dealkylation sites (tertiary alicyclic amines) is 1. The summed E-state index contributed by atoms with van der Waals surface area (Å²) in [5.74, 6) is 3.49. The number of aromatic nitrogens is 1. The molecule has 0 radical (unpaired) electrons. The van der Waals surface area contributed by atoms with Crippen LogP contribution in [0.4, 0.5) is 0 Å². The Balaban J connectivity index is 1.22. The molecule has 1 aliphatic carbocycles. The maximum Gasteiger partial charge on any atom is 0.122 e. The summed E-state index contributed by atoms with van der Waals surface area (Å²) in [5, 5.41) is 3.46. The molecule has 0 bridgehead atoms. The molecule has 0 amide bonds. The van der Waals surface area contributed by atoms with Crippen LogP contribution in [-0.2, 0) is 11.3 Å². The summed E-state index contributed by atoms with van der Waals surface area (Å²) < 4.78 is 12.1. The van der Waals surface area contributed by atoms with Gasteiger partial charge in [-0.25, -0.2) is 4.98 Å². The van der Waals surface area contributed by atoms with Crippen molar-refractivity contribution in [1.82, 2.24) is 9.88 Å². The molecule has 5 heteroatoms. The summed E-state index contributed by atoms with van der Waals surface area (Å²) in [5.41, 5.74) is 1.31. The smallest absolute Gasteiger partial charge is 0.122 e. The quantitative estimate of drug-likeness (QED) is 0.830. The zero-order chi connectivity index (χ0) is 16.1. The van der Waals surface area contributed by atoms with Crippen LogP contribution in [0.15, 0.2) is 21.9 Å². The van der Waals surface area contributed by atoms with Crippen molar-refractivity contribution in [2.24, 2.45) is 5.92 Å². The molecule has 0 N–H and O–H groups in total. The molecule has 5 rings (SSSR count). The van der Waals surface area contributed by atoms with Gasteiger partial charge in [-0.2, -0.15) is 0 Å². The summed E-state index contributed by atoms with van der Waals surface area (Å²) in [4.78, 5) is 7.34. The average molecular weight is 344 g/mol. The Hall–Kier alpha value is -1.17. The molecule has 0 unspecified atom stereocenters. The molecule has 2 saturated heterocycles. The van der Waals surface area contributed by atoms with E-state index in [1.165, 1.54) is 30.0 Å². The van der Waals surface area contributed by atoms with Gasteiger partial charge < -0.3 is 9.15 Å². The third-order valence-electron chi connectivity index (χ3n) is 5.62. The van der Waals surface area contributed by atoms with Gasteiger partial charge in [-0.3, -0.25) is 4.90 Å². The van der Waals surface area contributed by atoms with Crippen molar-refractivity contribution in [3.8, 4) is 0 Å². The number of rotatable bonds is 4. The summed E-state index contributed by atoms with van der Waals surface area (Å²) in [6.45, 7) is 5.06. The van der Waals surface area contributed by atoms with Gasteiger partial charge >= 0.3 is 0 Å². The van der Waals surface area contributed by atoms with E-state index in [1.54, 1.807) is 11.3 Å². The summed E-state index contributed by atoms with van der Waals surface area (Å²) in [7, 11) is 0. The van der Waals surface area contributed by atoms with Gasteiger partial charge in [-0.15, -0.1) is 11.3 Å². The summed E-state index contributed by atoms with van der Waals surface area (Å²) >= 11 is 1.80. The number of nitrogens with zero attached hydrogens (tertiary/aromatic N) is 2. The van der Waals surface area contributed by atoms with Crippen molar-refractivity contribution in [3.05, 3.63) is 39.7 Å². The molecule has 3 atom stereocenters. The number of fused-ring (bicyclic) bond motifs is 1. The zero-order valence-corrected chi connectivity index (χ0v) is 14.9. The van der Waals surface area contributed by atoms with E-state index in [9.17, 15) is 0 Å². The predicted molar refractivity (Wildman–Crippen MR) is 93.1 cm³/mol. The fourth-order valence-electron chi connectivity index (χ4n) is 4.10. The van der Waals surface area contributed by atoms with Gasteiger partial charge in [-0.05, 0) is 57.2 Å². The van der Waals surface area contributed by atoms with Gasteiger partial charge in [0.2, 0.25) is 0 Å². The highest BCUT2D eigenvalue weighted by molar-refractivity contribution is 7.09. The van der Waals surface area contributed by atoms with Crippen LogP contribution in [-0.4, -0.2) is 29.1 Å². The second-order valence-electron chi connectivity index (χ2n) is 7.58. The molecule has 128 valence electrons. The minimum Gasteiger partial charge on any atom is -0.465 e. The topological polar surface area (TPSA) is 38.5 Å². The number of hydrogen-bond acceptors (Lipinski definition) is 5. The van der Waals surface area contributed by atoms with Crippen molar-refractivity contribution in [2.45, 2.75) is 57.3 Å². The fourth-order valence-corrected chi connectivity index (χ4v) is 5.05. The Kier molecular flexibility index (Phi) is 3.76. The van der Waals surface area contributed by atoms with Crippen LogP contribution in [0.1, 0.15) is 59.9 Å². The second-order valence-corrected chi connectivity index (χ2v) is 8.47. The first-order chi connectivity index (χ1) is 11.7. The van der Waals surface area contributed by atoms with E-state index in [0.717, 1.165) is 43.5 Å². The maximum absolute atomic E-state index is 6.41. The average Bonchev–Trinajstić information content (AvgIpc) is 2.98. The summed E-state index contributed by atoms with van der Waals surface area (Å²) in [6, 6.07) is 4.14. The Bertz CT molecular complexity index is 721. The number of ether oxygens (including phenoxy) is 1. The first-order valence-corrected chi connectivity index (χ1v) is 10.0. The molecular weight excluding hydrogens is 320 g/mol. The molecule has 4 nitrogen and oxygen atoms in total. The van der Waals surface area contributed by atoms with E-state index in [2.05, 4.69) is 16.3 Å². The fraction of sp³-hybridized carbons (Fsp3) is 0.632. The third-order valence-corrected chi connectivity index (χ3v) is 6.58. The molecule has 0 spiro atoms. The van der Waals surface area contributed by atoms with E-state index in [1.807, 2.05) is 13.0 Å². The summed E-state index contributed by atoms with van der Waals surface area (Å²) in [6.07, 6.45) is 5.59. The first-order valence-electron chi connectivity index (χ1n) is 9.13. The minimum absolute atomic E-state index is 0.225. The van der Waals surface area contributed by atoms with E-state index >= 15 is 0 Å². The first kappa shape index (κ1) is 15.1. The molecule has 0 aromatic carbocycles. The zero-order valence-electron chi connectivity index (χ0n) is 14.1. The molecular formula is C19H24N2O2S. The van der Waals surface area contributed by atoms with Crippen molar-refractivity contribution >= 4 is 11.3 Å². The van der Waals surface area contributed by atoms with Crippen LogP contribution in [0.3, 0.4) is 0 Å². The molecule has 2 aliphatic heterocycles. The van der Waals surface area contributed by atoms with Gasteiger partial charge in [0, 0.05) is 17.8 Å². The molecule has 2 aromatic rings. The van der Waals surface area contributed by atoms with E-state index in [-0.39, 0.29) is 6.10 Å². The van der Waals surface area contributed by atoms with E-state index < -0.39 is 0 Å². The van der Waals surface area contributed by atoms with Crippen molar-refractivity contribution in [3.63, 3.8) is 0 Å². The van der Waals surface area contributed by atoms with E-state index in [0.29, 0.717) is 12.0 Å². The van der Waals surface area contributed by atoms with Crippen LogP contribution in [0.25, 0.3) is 0 Å². The highest BCUT2D eigenvalue weighted by Crippen LogP contribution is 2.45. The monoisotopic (exact) mass is 344 g/mol. The number of piperidine rings is 1. The lowest BCUT2D eigenvalue weighted by atomic mass is 9.92. The lowest BCUT2D eigenvalue weighted by molar-refractivity contribution is -0.0108.